The molecule has 1 aromatic carbocycles. The first kappa shape index (κ1) is 17.8. The Morgan fingerprint density at radius 2 is 2.00 bits per heavy atom. The van der Waals surface area contributed by atoms with Crippen LogP contribution in [0.2, 0.25) is 5.02 Å². The highest BCUT2D eigenvalue weighted by atomic mass is 35.5. The van der Waals surface area contributed by atoms with Crippen molar-refractivity contribution in [2.24, 2.45) is 5.92 Å². The van der Waals surface area contributed by atoms with Crippen LogP contribution in [0.4, 0.5) is 0 Å². The Bertz CT molecular complexity index is 954. The first-order valence-corrected chi connectivity index (χ1v) is 8.73. The number of aromatic hydroxyl groups is 1. The molecule has 2 atom stereocenters. The second-order valence-corrected chi connectivity index (χ2v) is 7.23. The Balaban J connectivity index is 1.89. The van der Waals surface area contributed by atoms with E-state index in [2.05, 4.69) is 0 Å². The molecule has 2 heterocycles. The van der Waals surface area contributed by atoms with E-state index < -0.39 is 29.0 Å². The number of methoxy groups -OCH3 is 1. The molecule has 142 valence electrons. The Morgan fingerprint density at radius 1 is 1.30 bits per heavy atom. The molecule has 3 aliphatic rings. The van der Waals surface area contributed by atoms with Crippen molar-refractivity contribution in [3.8, 4) is 17.2 Å². The largest absolute Gasteiger partial charge is 0.506 e. The minimum Gasteiger partial charge on any atom is -0.506 e. The zero-order chi connectivity index (χ0) is 19.7. The lowest BCUT2D eigenvalue weighted by atomic mass is 9.69. The van der Waals surface area contributed by atoms with Crippen LogP contribution in [-0.4, -0.2) is 45.6 Å². The molecule has 1 spiro atoms. The highest BCUT2D eigenvalue weighted by molar-refractivity contribution is 6.36. The number of phenols is 1. The van der Waals surface area contributed by atoms with Gasteiger partial charge >= 0.3 is 0 Å². The van der Waals surface area contributed by atoms with Crippen LogP contribution in [0.15, 0.2) is 17.3 Å². The number of Topliss-reactive ketones (excluding diaryl/α,β-unsaturated/α-hetero) is 2. The van der Waals surface area contributed by atoms with E-state index in [1.165, 1.54) is 13.2 Å². The van der Waals surface area contributed by atoms with Crippen LogP contribution >= 0.6 is 11.6 Å². The zero-order valence-corrected chi connectivity index (χ0v) is 15.3. The molecular formula is C18H16ClNO7. The number of carbonyl (C=O) groups is 3. The van der Waals surface area contributed by atoms with Crippen LogP contribution in [0.1, 0.15) is 36.5 Å². The van der Waals surface area contributed by atoms with Crippen LogP contribution in [0.25, 0.3) is 0 Å². The number of hydrogen-bond acceptors (Lipinski definition) is 7. The fourth-order valence-corrected chi connectivity index (χ4v) is 4.22. The van der Waals surface area contributed by atoms with E-state index >= 15 is 0 Å². The molecule has 4 rings (SSSR count). The molecule has 2 N–H and O–H groups in total. The molecule has 1 aliphatic carbocycles. The summed E-state index contributed by atoms with van der Waals surface area (Å²) in [5.41, 5.74) is -1.48. The Kier molecular flexibility index (Phi) is 3.77. The number of hydrogen-bond donors (Lipinski definition) is 2. The summed E-state index contributed by atoms with van der Waals surface area (Å²) in [5, 5.41) is 20.3. The highest BCUT2D eigenvalue weighted by Gasteiger charge is 2.62. The highest BCUT2D eigenvalue weighted by Crippen LogP contribution is 2.54. The lowest BCUT2D eigenvalue weighted by Crippen LogP contribution is -2.58. The molecule has 1 aromatic rings. The van der Waals surface area contributed by atoms with Gasteiger partial charge in [0.05, 0.1) is 12.8 Å². The summed E-state index contributed by atoms with van der Waals surface area (Å²) in [6.07, 6.45) is 0.161. The van der Waals surface area contributed by atoms with Gasteiger partial charge in [0.15, 0.2) is 5.75 Å². The Labute approximate surface area is 158 Å². The van der Waals surface area contributed by atoms with Gasteiger partial charge in [0.1, 0.15) is 22.1 Å². The number of phenolic OH excluding ortho intramolecular Hbond substituents is 1. The van der Waals surface area contributed by atoms with Crippen LogP contribution in [0, 0.1) is 5.92 Å². The van der Waals surface area contributed by atoms with Crippen LogP contribution < -0.4 is 9.47 Å². The third kappa shape index (κ3) is 2.11. The molecule has 0 saturated heterocycles. The molecule has 8 nitrogen and oxygen atoms in total. The molecule has 0 radical (unpaired) electrons. The molecule has 0 aromatic heterocycles. The normalized spacial score (nSPS) is 27.0. The van der Waals surface area contributed by atoms with Gasteiger partial charge in [0, 0.05) is 24.0 Å². The first-order chi connectivity index (χ1) is 12.7. The molecule has 1 amide bonds. The average molecular weight is 394 g/mol. The maximum absolute atomic E-state index is 13.3. The molecule has 2 aliphatic heterocycles. The second-order valence-electron chi connectivity index (χ2n) is 6.85. The predicted octanol–water partition coefficient (Wildman–Crippen LogP) is 2.24. The number of hydroxylamine groups is 2. The van der Waals surface area contributed by atoms with Crippen molar-refractivity contribution in [3.05, 3.63) is 27.9 Å². The van der Waals surface area contributed by atoms with Gasteiger partial charge < -0.3 is 14.6 Å². The summed E-state index contributed by atoms with van der Waals surface area (Å²) >= 11 is 6.11. The van der Waals surface area contributed by atoms with E-state index in [1.807, 2.05) is 0 Å². The molecule has 9 heteroatoms. The number of nitrogens with zero attached hydrogens (tertiary/aromatic N) is 1. The van der Waals surface area contributed by atoms with Crippen LogP contribution in [-0.2, 0) is 9.59 Å². The van der Waals surface area contributed by atoms with E-state index in [4.69, 9.17) is 21.1 Å². The number of ketones is 2. The zero-order valence-electron chi connectivity index (χ0n) is 14.5. The summed E-state index contributed by atoms with van der Waals surface area (Å²) in [6, 6.07) is 1.19. The minimum absolute atomic E-state index is 0.00251. The molecule has 27 heavy (non-hydrogen) atoms. The number of fused-ring (bicyclic) bond motifs is 1. The van der Waals surface area contributed by atoms with Gasteiger partial charge in [-0.3, -0.25) is 19.6 Å². The van der Waals surface area contributed by atoms with E-state index in [0.717, 1.165) is 0 Å². The van der Waals surface area contributed by atoms with E-state index in [1.54, 1.807) is 6.92 Å². The van der Waals surface area contributed by atoms with E-state index in [-0.39, 0.29) is 58.4 Å². The number of halogens is 1. The predicted molar refractivity (Wildman–Crippen MR) is 91.0 cm³/mol. The number of amides is 1. The minimum atomic E-state index is -1.87. The van der Waals surface area contributed by atoms with Crippen molar-refractivity contribution >= 4 is 29.1 Å². The van der Waals surface area contributed by atoms with Crippen molar-refractivity contribution in [3.63, 3.8) is 0 Å². The van der Waals surface area contributed by atoms with Gasteiger partial charge in [0.2, 0.25) is 17.2 Å². The lowest BCUT2D eigenvalue weighted by Gasteiger charge is -2.40. The fraction of sp³-hybridized carbons (Fsp3) is 0.389. The summed E-state index contributed by atoms with van der Waals surface area (Å²) < 4.78 is 11.0. The van der Waals surface area contributed by atoms with Crippen molar-refractivity contribution in [1.82, 2.24) is 5.06 Å². The maximum Gasteiger partial charge on any atom is 0.250 e. The lowest BCUT2D eigenvalue weighted by molar-refractivity contribution is -0.161. The van der Waals surface area contributed by atoms with Crippen molar-refractivity contribution < 1.29 is 34.2 Å². The van der Waals surface area contributed by atoms with Gasteiger partial charge in [-0.25, -0.2) is 0 Å². The molecule has 0 fully saturated rings. The number of ether oxygens (including phenoxy) is 2. The maximum atomic E-state index is 13.3. The van der Waals surface area contributed by atoms with Crippen molar-refractivity contribution in [1.29, 1.82) is 0 Å². The van der Waals surface area contributed by atoms with Crippen LogP contribution in [0.5, 0.6) is 17.2 Å². The monoisotopic (exact) mass is 393 g/mol. The fourth-order valence-electron chi connectivity index (χ4n) is 4.03. The molecule has 0 unspecified atom stereocenters. The SMILES string of the molecule is COc1cc(O)c(Cl)c2c1C(=O)[C@@]1(O2)C(=O)C2=C(C[C@H]1C)N(O)C(=O)CC2. The van der Waals surface area contributed by atoms with Gasteiger partial charge in [-0.2, -0.15) is 5.06 Å². The van der Waals surface area contributed by atoms with Crippen molar-refractivity contribution in [2.45, 2.75) is 31.8 Å². The average Bonchev–Trinajstić information content (AvgIpc) is 2.95. The third-order valence-electron chi connectivity index (χ3n) is 5.45. The van der Waals surface area contributed by atoms with Gasteiger partial charge in [-0.05, 0) is 12.8 Å². The van der Waals surface area contributed by atoms with Crippen LogP contribution in [0.3, 0.4) is 0 Å². The Morgan fingerprint density at radius 3 is 2.67 bits per heavy atom. The quantitative estimate of drug-likeness (QED) is 0.555. The van der Waals surface area contributed by atoms with Gasteiger partial charge in [-0.15, -0.1) is 0 Å². The van der Waals surface area contributed by atoms with E-state index in [9.17, 15) is 24.7 Å². The number of rotatable bonds is 1. The number of benzene rings is 1. The Hall–Kier alpha value is -2.58. The summed E-state index contributed by atoms with van der Waals surface area (Å²) in [6.45, 7) is 1.62. The summed E-state index contributed by atoms with van der Waals surface area (Å²) in [7, 11) is 1.32. The topological polar surface area (TPSA) is 113 Å². The third-order valence-corrected chi connectivity index (χ3v) is 5.81. The van der Waals surface area contributed by atoms with Crippen molar-refractivity contribution in [2.75, 3.05) is 7.11 Å². The number of allylic oxidation sites excluding steroid dienone is 1. The smallest absolute Gasteiger partial charge is 0.250 e. The standard InChI is InChI=1S/C18H16ClNO7/c1-7-5-9-8(3-4-12(22)20(9)25)16(23)18(7)17(24)13-11(26-2)6-10(21)14(19)15(13)27-18/h6-7,21,25H,3-5H2,1-2H3/t7-,18+/m1/s1. The van der Waals surface area contributed by atoms with Gasteiger partial charge in [-0.1, -0.05) is 18.5 Å². The second kappa shape index (κ2) is 5.71. The number of carbonyl (C=O) groups excluding carboxylic acids is 3. The molecule has 0 bridgehead atoms. The van der Waals surface area contributed by atoms with E-state index in [0.29, 0.717) is 5.06 Å². The van der Waals surface area contributed by atoms with Gasteiger partial charge in [0.25, 0.3) is 5.91 Å². The molecular weight excluding hydrogens is 378 g/mol. The first-order valence-electron chi connectivity index (χ1n) is 8.36. The summed E-state index contributed by atoms with van der Waals surface area (Å²) in [4.78, 5) is 38.4. The summed E-state index contributed by atoms with van der Waals surface area (Å²) in [5.74, 6) is -2.79. The molecule has 0 saturated carbocycles.